The quantitative estimate of drug-likeness (QED) is 0.853. The van der Waals surface area contributed by atoms with E-state index >= 15 is 0 Å². The van der Waals surface area contributed by atoms with Crippen molar-refractivity contribution in [1.29, 1.82) is 0 Å². The minimum Gasteiger partial charge on any atom is -0.388 e. The summed E-state index contributed by atoms with van der Waals surface area (Å²) in [6.07, 6.45) is 1.99. The van der Waals surface area contributed by atoms with Crippen LogP contribution < -0.4 is 0 Å². The Bertz CT molecular complexity index is 454. The number of fused-ring (bicyclic) bond motifs is 1. The Balaban J connectivity index is 2.56. The summed E-state index contributed by atoms with van der Waals surface area (Å²) >= 11 is 7.52. The lowest BCUT2D eigenvalue weighted by Crippen LogP contribution is -1.89. The second kappa shape index (κ2) is 3.85. The summed E-state index contributed by atoms with van der Waals surface area (Å²) < 4.78 is 0.955. The first-order valence-corrected chi connectivity index (χ1v) is 5.64. The van der Waals surface area contributed by atoms with Crippen LogP contribution in [0.2, 0.25) is 5.02 Å². The molecular weight excluding hydrogens is 218 g/mol. The molecule has 0 saturated carbocycles. The molecule has 1 atom stereocenters. The summed E-state index contributed by atoms with van der Waals surface area (Å²) in [5.41, 5.74) is 0.866. The normalized spacial score (nSPS) is 13.4. The Kier molecular flexibility index (Phi) is 2.72. The third kappa shape index (κ3) is 1.63. The molecule has 0 aliphatic carbocycles. The van der Waals surface area contributed by atoms with Crippen molar-refractivity contribution in [2.45, 2.75) is 19.4 Å². The van der Waals surface area contributed by atoms with Gasteiger partial charge in [0.15, 0.2) is 0 Å². The van der Waals surface area contributed by atoms with E-state index in [9.17, 15) is 5.11 Å². The van der Waals surface area contributed by atoms with Crippen LogP contribution in [-0.4, -0.2) is 10.1 Å². The number of aliphatic hydroxyl groups is 1. The highest BCUT2D eigenvalue weighted by Gasteiger charge is 2.11. The van der Waals surface area contributed by atoms with Gasteiger partial charge in [0.25, 0.3) is 0 Å². The van der Waals surface area contributed by atoms with E-state index in [4.69, 9.17) is 11.6 Å². The van der Waals surface area contributed by atoms with Gasteiger partial charge in [-0.3, -0.25) is 4.98 Å². The van der Waals surface area contributed by atoms with Crippen LogP contribution in [0.4, 0.5) is 0 Å². The van der Waals surface area contributed by atoms with Gasteiger partial charge >= 0.3 is 0 Å². The van der Waals surface area contributed by atoms with E-state index in [1.165, 1.54) is 11.3 Å². The van der Waals surface area contributed by atoms with Crippen LogP contribution in [0.15, 0.2) is 18.3 Å². The summed E-state index contributed by atoms with van der Waals surface area (Å²) in [7, 11) is 0. The minimum atomic E-state index is -0.398. The Morgan fingerprint density at radius 1 is 1.64 bits per heavy atom. The van der Waals surface area contributed by atoms with E-state index in [1.807, 2.05) is 13.0 Å². The molecule has 0 saturated heterocycles. The molecule has 0 aliphatic heterocycles. The maximum absolute atomic E-state index is 9.66. The van der Waals surface area contributed by atoms with Crippen LogP contribution in [0.3, 0.4) is 0 Å². The molecule has 0 aliphatic rings. The van der Waals surface area contributed by atoms with Crippen LogP contribution in [0.1, 0.15) is 24.3 Å². The lowest BCUT2D eigenvalue weighted by molar-refractivity contribution is 0.177. The predicted molar refractivity (Wildman–Crippen MR) is 59.9 cm³/mol. The fourth-order valence-electron chi connectivity index (χ4n) is 1.29. The first kappa shape index (κ1) is 9.90. The maximum Gasteiger partial charge on any atom is 0.0880 e. The van der Waals surface area contributed by atoms with Gasteiger partial charge in [-0.2, -0.15) is 0 Å². The molecule has 0 fully saturated rings. The average Bonchev–Trinajstić information content (AvgIpc) is 2.62. The molecule has 2 aromatic rings. The molecule has 2 rings (SSSR count). The summed E-state index contributed by atoms with van der Waals surface area (Å²) in [5, 5.41) is 10.4. The number of aromatic nitrogens is 1. The molecule has 2 aromatic heterocycles. The Labute approximate surface area is 91.2 Å². The fraction of sp³-hybridized carbons (Fsp3) is 0.300. The zero-order valence-electron chi connectivity index (χ0n) is 7.70. The molecule has 4 heteroatoms. The van der Waals surface area contributed by atoms with Gasteiger partial charge in [0.2, 0.25) is 0 Å². The third-order valence-corrected chi connectivity index (χ3v) is 3.78. The molecule has 14 heavy (non-hydrogen) atoms. The lowest BCUT2D eigenvalue weighted by atomic mass is 10.2. The molecule has 0 radical (unpaired) electrons. The summed E-state index contributed by atoms with van der Waals surface area (Å²) in [6.45, 7) is 1.95. The first-order chi connectivity index (χ1) is 6.72. The number of nitrogens with zero attached hydrogens (tertiary/aromatic N) is 1. The lowest BCUT2D eigenvalue weighted by Gasteiger charge is -2.01. The number of pyridine rings is 1. The van der Waals surface area contributed by atoms with E-state index in [2.05, 4.69) is 4.98 Å². The van der Waals surface area contributed by atoms with Crippen LogP contribution in [0.25, 0.3) is 10.2 Å². The average molecular weight is 228 g/mol. The molecule has 2 nitrogen and oxygen atoms in total. The second-order valence-corrected chi connectivity index (χ2v) is 4.57. The van der Waals surface area contributed by atoms with Crippen molar-refractivity contribution in [1.82, 2.24) is 4.98 Å². The van der Waals surface area contributed by atoms with Gasteiger partial charge in [0.1, 0.15) is 0 Å². The number of aliphatic hydroxyl groups excluding tert-OH is 1. The van der Waals surface area contributed by atoms with Crippen LogP contribution in [0, 0.1) is 0 Å². The van der Waals surface area contributed by atoms with Gasteiger partial charge < -0.3 is 5.11 Å². The summed E-state index contributed by atoms with van der Waals surface area (Å²) in [5.74, 6) is 0. The number of rotatable bonds is 2. The molecule has 0 unspecified atom stereocenters. The van der Waals surface area contributed by atoms with Gasteiger partial charge in [0, 0.05) is 11.1 Å². The Morgan fingerprint density at radius 3 is 3.07 bits per heavy atom. The van der Waals surface area contributed by atoms with Crippen LogP contribution in [-0.2, 0) is 0 Å². The molecule has 0 amide bonds. The minimum absolute atomic E-state index is 0.398. The zero-order valence-corrected chi connectivity index (χ0v) is 9.27. The molecule has 2 heterocycles. The zero-order chi connectivity index (χ0) is 10.1. The first-order valence-electron chi connectivity index (χ1n) is 4.44. The van der Waals surface area contributed by atoms with Gasteiger partial charge in [-0.15, -0.1) is 11.3 Å². The molecule has 0 bridgehead atoms. The Hall–Kier alpha value is -0.640. The van der Waals surface area contributed by atoms with Gasteiger partial charge in [0.05, 0.1) is 21.3 Å². The van der Waals surface area contributed by atoms with Crippen LogP contribution in [0.5, 0.6) is 0 Å². The number of halogens is 1. The monoisotopic (exact) mass is 227 g/mol. The van der Waals surface area contributed by atoms with Gasteiger partial charge in [-0.05, 0) is 18.6 Å². The van der Waals surface area contributed by atoms with Crippen molar-refractivity contribution in [2.75, 3.05) is 0 Å². The van der Waals surface area contributed by atoms with Crippen molar-refractivity contribution >= 4 is 33.2 Å². The van der Waals surface area contributed by atoms with Crippen molar-refractivity contribution < 1.29 is 5.11 Å². The number of hydrogen-bond acceptors (Lipinski definition) is 3. The standard InChI is InChI=1S/C10H10ClNOS/c1-2-8(13)9-5-7-10(14-9)6(11)3-4-12-7/h3-5,8,13H,2H2,1H3/t8-/m1/s1. The van der Waals surface area contributed by atoms with E-state index < -0.39 is 6.10 Å². The van der Waals surface area contributed by atoms with E-state index in [0.29, 0.717) is 11.4 Å². The smallest absolute Gasteiger partial charge is 0.0880 e. The van der Waals surface area contributed by atoms with Gasteiger partial charge in [-0.25, -0.2) is 0 Å². The largest absolute Gasteiger partial charge is 0.388 e. The SMILES string of the molecule is CC[C@@H](O)c1cc2nccc(Cl)c2s1. The molecule has 0 spiro atoms. The van der Waals surface area contributed by atoms with Crippen molar-refractivity contribution in [3.8, 4) is 0 Å². The third-order valence-electron chi connectivity index (χ3n) is 2.10. The van der Waals surface area contributed by atoms with Crippen molar-refractivity contribution in [2.24, 2.45) is 0 Å². The van der Waals surface area contributed by atoms with Gasteiger partial charge in [-0.1, -0.05) is 18.5 Å². The second-order valence-electron chi connectivity index (χ2n) is 3.08. The molecule has 74 valence electrons. The Morgan fingerprint density at radius 2 is 2.43 bits per heavy atom. The highest BCUT2D eigenvalue weighted by atomic mass is 35.5. The highest BCUT2D eigenvalue weighted by Crippen LogP contribution is 2.34. The maximum atomic E-state index is 9.66. The number of hydrogen-bond donors (Lipinski definition) is 1. The van der Waals surface area contributed by atoms with Crippen molar-refractivity contribution in [3.05, 3.63) is 28.2 Å². The molecule has 1 N–H and O–H groups in total. The summed E-state index contributed by atoms with van der Waals surface area (Å²) in [6, 6.07) is 3.67. The van der Waals surface area contributed by atoms with Crippen molar-refractivity contribution in [3.63, 3.8) is 0 Å². The topological polar surface area (TPSA) is 33.1 Å². The van der Waals surface area contributed by atoms with E-state index in [-0.39, 0.29) is 0 Å². The molecule has 0 aromatic carbocycles. The highest BCUT2D eigenvalue weighted by molar-refractivity contribution is 7.19. The van der Waals surface area contributed by atoms with E-state index in [1.54, 1.807) is 12.3 Å². The predicted octanol–water partition coefficient (Wildman–Crippen LogP) is 3.39. The molecular formula is C10H10ClNOS. The summed E-state index contributed by atoms with van der Waals surface area (Å²) in [4.78, 5) is 5.13. The number of thiophene rings is 1. The van der Waals surface area contributed by atoms with Crippen LogP contribution >= 0.6 is 22.9 Å². The fourth-order valence-corrected chi connectivity index (χ4v) is 2.65. The van der Waals surface area contributed by atoms with E-state index in [0.717, 1.165) is 15.1 Å².